The number of anilines is 1. The van der Waals surface area contributed by atoms with E-state index in [4.69, 9.17) is 0 Å². The van der Waals surface area contributed by atoms with Gasteiger partial charge in [0.25, 0.3) is 0 Å². The van der Waals surface area contributed by atoms with E-state index in [0.29, 0.717) is 11.3 Å². The zero-order valence-electron chi connectivity index (χ0n) is 12.6. The maximum Gasteiger partial charge on any atom is 0.241 e. The van der Waals surface area contributed by atoms with E-state index in [1.165, 1.54) is 11.8 Å². The molecule has 112 valence electrons. The van der Waals surface area contributed by atoms with Crippen LogP contribution < -0.4 is 4.90 Å². The summed E-state index contributed by atoms with van der Waals surface area (Å²) in [5.41, 5.74) is 0.405. The van der Waals surface area contributed by atoms with Crippen LogP contribution in [0.5, 0.6) is 0 Å². The number of imide groups is 1. The van der Waals surface area contributed by atoms with Crippen LogP contribution in [0, 0.1) is 23.2 Å². The number of hydrogen-bond donors (Lipinski definition) is 0. The lowest BCUT2D eigenvalue weighted by Gasteiger charge is -2.28. The Morgan fingerprint density at radius 3 is 2.73 bits per heavy atom. The molecule has 1 saturated carbocycles. The third-order valence-corrected chi connectivity index (χ3v) is 5.62. The van der Waals surface area contributed by atoms with Crippen LogP contribution in [0.25, 0.3) is 0 Å². The summed E-state index contributed by atoms with van der Waals surface area (Å²) < 4.78 is 0. The van der Waals surface area contributed by atoms with Gasteiger partial charge in [-0.25, -0.2) is 4.90 Å². The first-order valence-corrected chi connectivity index (χ1v) is 7.62. The summed E-state index contributed by atoms with van der Waals surface area (Å²) in [5, 5.41) is 0. The van der Waals surface area contributed by atoms with E-state index in [1.807, 2.05) is 6.92 Å². The minimum Gasteiger partial charge on any atom is -0.295 e. The molecule has 1 aliphatic heterocycles. The predicted octanol–water partition coefficient (Wildman–Crippen LogP) is 2.59. The Morgan fingerprint density at radius 2 is 2.05 bits per heavy atom. The SMILES string of the molecule is CC(=O)c1cccc(N2C(=O)[C@H]3[C@@H]4C=C[C@H](C4)[C@]3(C)C2=O)c1. The normalized spacial score (nSPS) is 35.4. The molecule has 4 atom stereocenters. The topological polar surface area (TPSA) is 54.5 Å². The smallest absolute Gasteiger partial charge is 0.241 e. The second-order valence-corrected chi connectivity index (χ2v) is 6.74. The van der Waals surface area contributed by atoms with Gasteiger partial charge in [0.15, 0.2) is 5.78 Å². The Morgan fingerprint density at radius 1 is 1.27 bits per heavy atom. The molecule has 0 unspecified atom stereocenters. The molecule has 1 heterocycles. The minimum atomic E-state index is -0.622. The van der Waals surface area contributed by atoms with Crippen molar-refractivity contribution in [2.45, 2.75) is 20.3 Å². The maximum atomic E-state index is 13.0. The Kier molecular flexibility index (Phi) is 2.54. The van der Waals surface area contributed by atoms with Gasteiger partial charge < -0.3 is 0 Å². The van der Waals surface area contributed by atoms with Gasteiger partial charge in [-0.05, 0) is 44.2 Å². The van der Waals surface area contributed by atoms with E-state index >= 15 is 0 Å². The lowest BCUT2D eigenvalue weighted by molar-refractivity contribution is -0.127. The summed E-state index contributed by atoms with van der Waals surface area (Å²) in [7, 11) is 0. The molecule has 1 aromatic rings. The van der Waals surface area contributed by atoms with Gasteiger partial charge in [0, 0.05) is 5.56 Å². The molecule has 22 heavy (non-hydrogen) atoms. The number of allylic oxidation sites excluding steroid dienone is 2. The van der Waals surface area contributed by atoms with Crippen LogP contribution in [0.4, 0.5) is 5.69 Å². The maximum absolute atomic E-state index is 13.0. The Balaban J connectivity index is 1.79. The van der Waals surface area contributed by atoms with Crippen molar-refractivity contribution in [3.05, 3.63) is 42.0 Å². The van der Waals surface area contributed by atoms with Crippen LogP contribution >= 0.6 is 0 Å². The second-order valence-electron chi connectivity index (χ2n) is 6.74. The fraction of sp³-hybridized carbons (Fsp3) is 0.389. The van der Waals surface area contributed by atoms with Crippen molar-refractivity contribution < 1.29 is 14.4 Å². The van der Waals surface area contributed by atoms with Crippen LogP contribution in [-0.4, -0.2) is 17.6 Å². The van der Waals surface area contributed by atoms with E-state index < -0.39 is 5.41 Å². The van der Waals surface area contributed by atoms with Gasteiger partial charge in [-0.2, -0.15) is 0 Å². The first kappa shape index (κ1) is 13.4. The number of carbonyl (C=O) groups excluding carboxylic acids is 3. The predicted molar refractivity (Wildman–Crippen MR) is 81.3 cm³/mol. The molecule has 4 nitrogen and oxygen atoms in total. The highest BCUT2D eigenvalue weighted by molar-refractivity contribution is 6.24. The minimum absolute atomic E-state index is 0.0749. The number of Topliss-reactive ketones (excluding diaryl/α,β-unsaturated/α-hetero) is 1. The van der Waals surface area contributed by atoms with Gasteiger partial charge in [0.2, 0.25) is 11.8 Å². The Bertz CT molecular complexity index is 750. The van der Waals surface area contributed by atoms with Crippen molar-refractivity contribution in [1.29, 1.82) is 0 Å². The molecule has 0 N–H and O–H groups in total. The number of nitrogens with zero attached hydrogens (tertiary/aromatic N) is 1. The van der Waals surface area contributed by atoms with E-state index in [2.05, 4.69) is 12.2 Å². The van der Waals surface area contributed by atoms with Gasteiger partial charge in [-0.15, -0.1) is 0 Å². The molecule has 2 bridgehead atoms. The zero-order chi connectivity index (χ0) is 15.6. The van der Waals surface area contributed by atoms with E-state index in [-0.39, 0.29) is 35.4 Å². The number of benzene rings is 1. The van der Waals surface area contributed by atoms with Crippen molar-refractivity contribution in [2.75, 3.05) is 4.90 Å². The van der Waals surface area contributed by atoms with Gasteiger partial charge in [0.1, 0.15) is 0 Å². The summed E-state index contributed by atoms with van der Waals surface area (Å²) >= 11 is 0. The van der Waals surface area contributed by atoms with Crippen LogP contribution in [0.15, 0.2) is 36.4 Å². The zero-order valence-corrected chi connectivity index (χ0v) is 12.6. The Labute approximate surface area is 128 Å². The average Bonchev–Trinajstić information content (AvgIpc) is 3.12. The third-order valence-electron chi connectivity index (χ3n) is 5.62. The molecular formula is C18H17NO3. The molecule has 2 aliphatic carbocycles. The quantitative estimate of drug-likeness (QED) is 0.479. The molecule has 1 saturated heterocycles. The second kappa shape index (κ2) is 4.15. The Hall–Kier alpha value is -2.23. The number of amides is 2. The van der Waals surface area contributed by atoms with E-state index in [0.717, 1.165) is 6.42 Å². The highest BCUT2D eigenvalue weighted by Crippen LogP contribution is 2.60. The lowest BCUT2D eigenvalue weighted by Crippen LogP contribution is -2.37. The van der Waals surface area contributed by atoms with Crippen molar-refractivity contribution in [3.8, 4) is 0 Å². The van der Waals surface area contributed by atoms with Crippen LogP contribution in [-0.2, 0) is 9.59 Å². The van der Waals surface area contributed by atoms with Crippen LogP contribution in [0.1, 0.15) is 30.6 Å². The summed E-state index contributed by atoms with van der Waals surface area (Å²) in [4.78, 5) is 38.7. The summed E-state index contributed by atoms with van der Waals surface area (Å²) in [6, 6.07) is 6.78. The van der Waals surface area contributed by atoms with Crippen molar-refractivity contribution in [1.82, 2.24) is 0 Å². The van der Waals surface area contributed by atoms with Gasteiger partial charge in [-0.3, -0.25) is 14.4 Å². The molecule has 2 fully saturated rings. The van der Waals surface area contributed by atoms with Crippen molar-refractivity contribution >= 4 is 23.3 Å². The largest absolute Gasteiger partial charge is 0.295 e. The first-order chi connectivity index (χ1) is 10.4. The molecule has 0 spiro atoms. The average molecular weight is 295 g/mol. The summed E-state index contributed by atoms with van der Waals surface area (Å²) in [6.07, 6.45) is 5.07. The number of carbonyl (C=O) groups is 3. The van der Waals surface area contributed by atoms with Crippen LogP contribution in [0.3, 0.4) is 0 Å². The molecule has 3 aliphatic rings. The van der Waals surface area contributed by atoms with Crippen molar-refractivity contribution in [2.24, 2.45) is 23.2 Å². The number of ketones is 1. The lowest BCUT2D eigenvalue weighted by atomic mass is 9.71. The molecule has 0 aromatic heterocycles. The summed E-state index contributed by atoms with van der Waals surface area (Å²) in [5.74, 6) is -0.248. The molecular weight excluding hydrogens is 278 g/mol. The molecule has 1 aromatic carbocycles. The van der Waals surface area contributed by atoms with Crippen LogP contribution in [0.2, 0.25) is 0 Å². The highest BCUT2D eigenvalue weighted by atomic mass is 16.2. The van der Waals surface area contributed by atoms with Gasteiger partial charge >= 0.3 is 0 Å². The number of rotatable bonds is 2. The standard InChI is InChI=1S/C18H17NO3/c1-10(20)11-4-3-5-14(9-11)19-16(21)15-12-6-7-13(8-12)18(15,2)17(19)22/h3-7,9,12-13,15H,8H2,1-2H3/t12-,13-,15-,18+/m1/s1. The summed E-state index contributed by atoms with van der Waals surface area (Å²) in [6.45, 7) is 3.40. The fourth-order valence-electron chi connectivity index (χ4n) is 4.41. The molecule has 4 heteroatoms. The number of hydrogen-bond acceptors (Lipinski definition) is 3. The molecule has 0 radical (unpaired) electrons. The highest BCUT2D eigenvalue weighted by Gasteiger charge is 2.67. The third kappa shape index (κ3) is 1.45. The van der Waals surface area contributed by atoms with Gasteiger partial charge in [-0.1, -0.05) is 24.3 Å². The number of fused-ring (bicyclic) bond motifs is 5. The van der Waals surface area contributed by atoms with E-state index in [1.54, 1.807) is 24.3 Å². The van der Waals surface area contributed by atoms with Crippen molar-refractivity contribution in [3.63, 3.8) is 0 Å². The fourth-order valence-corrected chi connectivity index (χ4v) is 4.41. The van der Waals surface area contributed by atoms with Gasteiger partial charge in [0.05, 0.1) is 17.0 Å². The van der Waals surface area contributed by atoms with E-state index in [9.17, 15) is 14.4 Å². The first-order valence-electron chi connectivity index (χ1n) is 7.62. The molecule has 2 amide bonds. The molecule has 4 rings (SSSR count). The monoisotopic (exact) mass is 295 g/mol.